The van der Waals surface area contributed by atoms with Gasteiger partial charge in [-0.2, -0.15) is 4.98 Å². The van der Waals surface area contributed by atoms with Gasteiger partial charge in [0.1, 0.15) is 0 Å². The number of hydrogen-bond acceptors (Lipinski definition) is 4. The first-order valence-corrected chi connectivity index (χ1v) is 7.81. The van der Waals surface area contributed by atoms with Gasteiger partial charge in [0.05, 0.1) is 0 Å². The van der Waals surface area contributed by atoms with Crippen molar-refractivity contribution in [2.45, 2.75) is 18.8 Å². The number of piperidine rings is 1. The summed E-state index contributed by atoms with van der Waals surface area (Å²) in [5.74, 6) is 1.88. The van der Waals surface area contributed by atoms with E-state index >= 15 is 0 Å². The van der Waals surface area contributed by atoms with Gasteiger partial charge >= 0.3 is 0 Å². The van der Waals surface area contributed by atoms with Gasteiger partial charge in [-0.05, 0) is 49.8 Å². The molecule has 3 aromatic rings. The van der Waals surface area contributed by atoms with E-state index in [0.717, 1.165) is 37.4 Å². The van der Waals surface area contributed by atoms with Crippen LogP contribution in [0.1, 0.15) is 24.7 Å². The topological polar surface area (TPSA) is 42.2 Å². The summed E-state index contributed by atoms with van der Waals surface area (Å²) in [5.41, 5.74) is 1.02. The highest BCUT2D eigenvalue weighted by Crippen LogP contribution is 2.28. The molecule has 2 aromatic carbocycles. The Morgan fingerprint density at radius 2 is 1.82 bits per heavy atom. The predicted octanol–water partition coefficient (Wildman–Crippen LogP) is 3.70. The maximum Gasteiger partial charge on any atom is 0.230 e. The SMILES string of the molecule is CN1CCC(c2nc(-c3ccc4ccccc4c3)no2)CC1. The number of rotatable bonds is 2. The van der Waals surface area contributed by atoms with Crippen molar-refractivity contribution in [1.82, 2.24) is 15.0 Å². The number of nitrogens with zero attached hydrogens (tertiary/aromatic N) is 3. The number of hydrogen-bond donors (Lipinski definition) is 0. The lowest BCUT2D eigenvalue weighted by Gasteiger charge is -2.26. The smallest absolute Gasteiger partial charge is 0.230 e. The summed E-state index contributed by atoms with van der Waals surface area (Å²) < 4.78 is 5.53. The second kappa shape index (κ2) is 5.54. The molecule has 4 nitrogen and oxygen atoms in total. The maximum absolute atomic E-state index is 5.53. The minimum atomic E-state index is 0.401. The first-order chi connectivity index (χ1) is 10.8. The number of aromatic nitrogens is 2. The minimum Gasteiger partial charge on any atom is -0.339 e. The fourth-order valence-electron chi connectivity index (χ4n) is 3.10. The lowest BCUT2D eigenvalue weighted by Crippen LogP contribution is -2.29. The van der Waals surface area contributed by atoms with Crippen LogP contribution < -0.4 is 0 Å². The van der Waals surface area contributed by atoms with Crippen LogP contribution in [0.4, 0.5) is 0 Å². The van der Waals surface area contributed by atoms with Crippen LogP contribution in [0.15, 0.2) is 47.0 Å². The summed E-state index contributed by atoms with van der Waals surface area (Å²) in [6.07, 6.45) is 2.19. The summed E-state index contributed by atoms with van der Waals surface area (Å²) in [7, 11) is 2.16. The summed E-state index contributed by atoms with van der Waals surface area (Å²) in [4.78, 5) is 6.98. The van der Waals surface area contributed by atoms with E-state index in [9.17, 15) is 0 Å². The molecular weight excluding hydrogens is 274 g/mol. The first-order valence-electron chi connectivity index (χ1n) is 7.81. The molecule has 0 bridgehead atoms. The summed E-state index contributed by atoms with van der Waals surface area (Å²) in [5, 5.41) is 6.61. The molecule has 0 amide bonds. The van der Waals surface area contributed by atoms with Gasteiger partial charge in [-0.3, -0.25) is 0 Å². The van der Waals surface area contributed by atoms with Crippen LogP contribution in [-0.2, 0) is 0 Å². The third-order valence-corrected chi connectivity index (χ3v) is 4.52. The van der Waals surface area contributed by atoms with E-state index in [-0.39, 0.29) is 0 Å². The monoisotopic (exact) mass is 293 g/mol. The molecule has 1 aliphatic rings. The average molecular weight is 293 g/mol. The van der Waals surface area contributed by atoms with Gasteiger partial charge in [0, 0.05) is 11.5 Å². The number of likely N-dealkylation sites (tertiary alicyclic amines) is 1. The van der Waals surface area contributed by atoms with Gasteiger partial charge in [0.25, 0.3) is 0 Å². The second-order valence-electron chi connectivity index (χ2n) is 6.10. The Labute approximate surface area is 129 Å². The van der Waals surface area contributed by atoms with E-state index in [0.29, 0.717) is 11.7 Å². The Kier molecular flexibility index (Phi) is 3.39. The highest BCUT2D eigenvalue weighted by atomic mass is 16.5. The van der Waals surface area contributed by atoms with Crippen LogP contribution in [0, 0.1) is 0 Å². The van der Waals surface area contributed by atoms with E-state index < -0.39 is 0 Å². The van der Waals surface area contributed by atoms with Crippen molar-refractivity contribution in [3.8, 4) is 11.4 Å². The zero-order valence-corrected chi connectivity index (χ0v) is 12.7. The van der Waals surface area contributed by atoms with Crippen LogP contribution in [0.5, 0.6) is 0 Å². The standard InChI is InChI=1S/C18H19N3O/c1-21-10-8-14(9-11-21)18-19-17(20-22-18)16-7-6-13-4-2-3-5-15(13)12-16/h2-7,12,14H,8-11H2,1H3. The number of benzene rings is 2. The predicted molar refractivity (Wildman–Crippen MR) is 86.7 cm³/mol. The lowest BCUT2D eigenvalue weighted by atomic mass is 9.97. The zero-order valence-electron chi connectivity index (χ0n) is 12.7. The largest absolute Gasteiger partial charge is 0.339 e. The summed E-state index contributed by atoms with van der Waals surface area (Å²) in [6, 6.07) is 14.6. The quantitative estimate of drug-likeness (QED) is 0.722. The van der Waals surface area contributed by atoms with Crippen LogP contribution in [0.25, 0.3) is 22.2 Å². The Morgan fingerprint density at radius 1 is 1.05 bits per heavy atom. The average Bonchev–Trinajstić information content (AvgIpc) is 3.05. The van der Waals surface area contributed by atoms with Gasteiger partial charge in [0.15, 0.2) is 0 Å². The first kappa shape index (κ1) is 13.5. The van der Waals surface area contributed by atoms with Gasteiger partial charge in [-0.1, -0.05) is 41.6 Å². The molecule has 22 heavy (non-hydrogen) atoms. The number of fused-ring (bicyclic) bond motifs is 1. The van der Waals surface area contributed by atoms with E-state index in [2.05, 4.69) is 58.5 Å². The third kappa shape index (κ3) is 2.50. The highest BCUT2D eigenvalue weighted by molar-refractivity contribution is 5.86. The fraction of sp³-hybridized carbons (Fsp3) is 0.333. The Hall–Kier alpha value is -2.20. The lowest BCUT2D eigenvalue weighted by molar-refractivity contribution is 0.227. The van der Waals surface area contributed by atoms with E-state index in [1.165, 1.54) is 10.8 Å². The molecule has 0 spiro atoms. The normalized spacial score (nSPS) is 17.1. The molecule has 1 fully saturated rings. The Balaban J connectivity index is 1.62. The van der Waals surface area contributed by atoms with Gasteiger partial charge < -0.3 is 9.42 Å². The molecular formula is C18H19N3O. The molecule has 4 rings (SSSR count). The highest BCUT2D eigenvalue weighted by Gasteiger charge is 2.23. The van der Waals surface area contributed by atoms with Crippen LogP contribution in [0.2, 0.25) is 0 Å². The van der Waals surface area contributed by atoms with Gasteiger partial charge in [-0.15, -0.1) is 0 Å². The van der Waals surface area contributed by atoms with Crippen molar-refractivity contribution in [3.05, 3.63) is 48.4 Å². The minimum absolute atomic E-state index is 0.401. The van der Waals surface area contributed by atoms with Crippen molar-refractivity contribution in [3.63, 3.8) is 0 Å². The second-order valence-corrected chi connectivity index (χ2v) is 6.10. The Morgan fingerprint density at radius 3 is 2.64 bits per heavy atom. The molecule has 0 saturated carbocycles. The van der Waals surface area contributed by atoms with Gasteiger partial charge in [-0.25, -0.2) is 0 Å². The molecule has 1 aliphatic heterocycles. The van der Waals surface area contributed by atoms with Crippen molar-refractivity contribution in [1.29, 1.82) is 0 Å². The molecule has 112 valence electrons. The molecule has 0 aliphatic carbocycles. The molecule has 0 N–H and O–H groups in total. The molecule has 0 atom stereocenters. The van der Waals surface area contributed by atoms with Gasteiger partial charge in [0.2, 0.25) is 11.7 Å². The van der Waals surface area contributed by atoms with E-state index in [1.807, 2.05) is 6.07 Å². The van der Waals surface area contributed by atoms with E-state index in [4.69, 9.17) is 4.52 Å². The van der Waals surface area contributed by atoms with E-state index in [1.54, 1.807) is 0 Å². The Bertz CT molecular complexity index is 788. The maximum atomic E-state index is 5.53. The molecule has 1 saturated heterocycles. The molecule has 0 radical (unpaired) electrons. The van der Waals surface area contributed by atoms with Crippen LogP contribution in [-0.4, -0.2) is 35.2 Å². The van der Waals surface area contributed by atoms with Crippen molar-refractivity contribution in [2.24, 2.45) is 0 Å². The van der Waals surface area contributed by atoms with Crippen LogP contribution >= 0.6 is 0 Å². The third-order valence-electron chi connectivity index (χ3n) is 4.52. The molecule has 2 heterocycles. The fourth-order valence-corrected chi connectivity index (χ4v) is 3.10. The zero-order chi connectivity index (χ0) is 14.9. The van der Waals surface area contributed by atoms with Crippen molar-refractivity contribution in [2.75, 3.05) is 20.1 Å². The van der Waals surface area contributed by atoms with Crippen molar-refractivity contribution >= 4 is 10.8 Å². The van der Waals surface area contributed by atoms with Crippen molar-refractivity contribution < 1.29 is 4.52 Å². The summed E-state index contributed by atoms with van der Waals surface area (Å²) >= 11 is 0. The summed E-state index contributed by atoms with van der Waals surface area (Å²) in [6.45, 7) is 2.19. The molecule has 0 unspecified atom stereocenters. The molecule has 1 aromatic heterocycles. The van der Waals surface area contributed by atoms with Crippen LogP contribution in [0.3, 0.4) is 0 Å². The molecule has 4 heteroatoms.